The summed E-state index contributed by atoms with van der Waals surface area (Å²) in [5.74, 6) is -1.17. The van der Waals surface area contributed by atoms with Crippen molar-refractivity contribution in [1.29, 1.82) is 0 Å². The lowest BCUT2D eigenvalue weighted by molar-refractivity contribution is -0.137. The molecule has 0 bridgehead atoms. The van der Waals surface area contributed by atoms with Gasteiger partial charge >= 0.3 is 6.09 Å². The Balaban J connectivity index is 1.79. The van der Waals surface area contributed by atoms with E-state index in [1.807, 2.05) is 11.8 Å². The summed E-state index contributed by atoms with van der Waals surface area (Å²) in [6.45, 7) is 4.25. The second kappa shape index (κ2) is 6.07. The molecule has 3 aliphatic heterocycles. The number of carbonyl (C=O) groups is 3. The van der Waals surface area contributed by atoms with Crippen molar-refractivity contribution in [2.24, 2.45) is 11.7 Å². The number of hydrogen-bond donors (Lipinski definition) is 2. The molecule has 1 aliphatic carbocycles. The summed E-state index contributed by atoms with van der Waals surface area (Å²) in [6, 6.07) is 0.107. The van der Waals surface area contributed by atoms with Gasteiger partial charge in [-0.15, -0.1) is 0 Å². The van der Waals surface area contributed by atoms with Gasteiger partial charge in [0, 0.05) is 30.8 Å². The Morgan fingerprint density at radius 1 is 1.37 bits per heavy atom. The fourth-order valence-corrected chi connectivity index (χ4v) is 4.65. The largest absolute Gasteiger partial charge is 0.489 e. The van der Waals surface area contributed by atoms with Gasteiger partial charge in [0.25, 0.3) is 0 Å². The van der Waals surface area contributed by atoms with Gasteiger partial charge in [-0.05, 0) is 13.3 Å². The van der Waals surface area contributed by atoms with Crippen molar-refractivity contribution in [3.05, 3.63) is 22.6 Å². The van der Waals surface area contributed by atoms with Crippen LogP contribution in [0.2, 0.25) is 0 Å². The average molecular weight is 377 g/mol. The van der Waals surface area contributed by atoms with Gasteiger partial charge in [-0.25, -0.2) is 4.79 Å². The number of allylic oxidation sites excluding steroid dienone is 2. The maximum absolute atomic E-state index is 13.3. The number of nitrogens with one attached hydrogen (secondary N) is 1. The smallest absolute Gasteiger partial charge is 0.404 e. The zero-order chi connectivity index (χ0) is 19.5. The molecule has 9 heteroatoms. The quantitative estimate of drug-likeness (QED) is 0.481. The molecule has 0 aromatic carbocycles. The van der Waals surface area contributed by atoms with E-state index in [-0.39, 0.29) is 41.6 Å². The number of primary amides is 1. The first-order valence-electron chi connectivity index (χ1n) is 9.06. The molecule has 0 aromatic rings. The molecule has 0 saturated carbocycles. The molecular weight excluding hydrogens is 354 g/mol. The normalized spacial score (nSPS) is 33.9. The molecule has 0 radical (unpaired) electrons. The van der Waals surface area contributed by atoms with Crippen molar-refractivity contribution >= 4 is 17.7 Å². The molecule has 2 saturated heterocycles. The molecule has 9 nitrogen and oxygen atoms in total. The van der Waals surface area contributed by atoms with Crippen LogP contribution in [0, 0.1) is 5.92 Å². The van der Waals surface area contributed by atoms with E-state index in [1.54, 1.807) is 6.92 Å². The summed E-state index contributed by atoms with van der Waals surface area (Å²) in [7, 11) is 1.54. The van der Waals surface area contributed by atoms with Gasteiger partial charge in [0.2, 0.25) is 11.6 Å². The number of nitrogens with zero attached hydrogens (tertiary/aromatic N) is 1. The van der Waals surface area contributed by atoms with Crippen molar-refractivity contribution in [2.45, 2.75) is 38.1 Å². The molecule has 4 aliphatic rings. The van der Waals surface area contributed by atoms with Crippen LogP contribution < -0.4 is 11.1 Å². The highest BCUT2D eigenvalue weighted by Gasteiger charge is 2.72. The van der Waals surface area contributed by atoms with E-state index in [1.165, 1.54) is 7.11 Å². The second-order valence-corrected chi connectivity index (χ2v) is 7.22. The van der Waals surface area contributed by atoms with Crippen LogP contribution >= 0.6 is 0 Å². The number of methoxy groups -OCH3 is 1. The third-order valence-electron chi connectivity index (χ3n) is 5.82. The van der Waals surface area contributed by atoms with Gasteiger partial charge in [-0.3, -0.25) is 9.59 Å². The minimum atomic E-state index is -0.962. The summed E-state index contributed by atoms with van der Waals surface area (Å²) in [5.41, 5.74) is 5.09. The van der Waals surface area contributed by atoms with Crippen LogP contribution in [0.4, 0.5) is 4.79 Å². The minimum Gasteiger partial charge on any atom is -0.489 e. The number of hydrogen-bond acceptors (Lipinski definition) is 8. The number of piperazine rings is 1. The van der Waals surface area contributed by atoms with Crippen molar-refractivity contribution in [2.75, 3.05) is 26.9 Å². The average Bonchev–Trinajstić information content (AvgIpc) is 3.24. The zero-order valence-electron chi connectivity index (χ0n) is 15.5. The van der Waals surface area contributed by atoms with E-state index in [2.05, 4.69) is 5.32 Å². The first-order valence-corrected chi connectivity index (χ1v) is 9.06. The third-order valence-corrected chi connectivity index (χ3v) is 5.82. The minimum absolute atomic E-state index is 0.0597. The summed E-state index contributed by atoms with van der Waals surface area (Å²) in [6.07, 6.45) is -0.232. The van der Waals surface area contributed by atoms with E-state index in [9.17, 15) is 14.4 Å². The lowest BCUT2D eigenvalue weighted by Crippen LogP contribution is -2.55. The van der Waals surface area contributed by atoms with E-state index >= 15 is 0 Å². The van der Waals surface area contributed by atoms with Crippen LogP contribution in [0.5, 0.6) is 0 Å². The Kier molecular flexibility index (Phi) is 4.04. The van der Waals surface area contributed by atoms with Gasteiger partial charge < -0.3 is 30.2 Å². The Labute approximate surface area is 156 Å². The zero-order valence-corrected chi connectivity index (χ0v) is 15.5. The van der Waals surface area contributed by atoms with Crippen molar-refractivity contribution in [3.63, 3.8) is 0 Å². The summed E-state index contributed by atoms with van der Waals surface area (Å²) in [5, 5.41) is 3.31. The monoisotopic (exact) mass is 377 g/mol. The number of carbonyl (C=O) groups excluding carboxylic acids is 3. The first kappa shape index (κ1) is 18.0. The standard InChI is InChI=1S/C18H23N3O6/c1-4-5-26-15-8(2)13(22)12-11(14(15)23)9(7-27-17(19)24)18(25-3)16-10(20-16)6-21(12)18/h9-10,16,20H,4-7H2,1-3H3,(H2,19,24). The lowest BCUT2D eigenvalue weighted by Gasteiger charge is -2.39. The number of nitrogens with two attached hydrogens (primary N) is 1. The predicted octanol–water partition coefficient (Wildman–Crippen LogP) is -0.183. The van der Waals surface area contributed by atoms with Crippen LogP contribution in [-0.4, -0.2) is 67.2 Å². The van der Waals surface area contributed by atoms with E-state index in [4.69, 9.17) is 19.9 Å². The summed E-state index contributed by atoms with van der Waals surface area (Å²) in [4.78, 5) is 39.5. The van der Waals surface area contributed by atoms with E-state index in [0.717, 1.165) is 0 Å². The Morgan fingerprint density at radius 3 is 2.74 bits per heavy atom. The van der Waals surface area contributed by atoms with Gasteiger partial charge in [-0.2, -0.15) is 0 Å². The third kappa shape index (κ3) is 2.28. The molecule has 4 rings (SSSR count). The molecule has 2 fully saturated rings. The highest BCUT2D eigenvalue weighted by Crippen LogP contribution is 2.55. The van der Waals surface area contributed by atoms with Crippen molar-refractivity contribution in [3.8, 4) is 0 Å². The second-order valence-electron chi connectivity index (χ2n) is 7.22. The van der Waals surface area contributed by atoms with E-state index in [0.29, 0.717) is 30.8 Å². The van der Waals surface area contributed by atoms with Gasteiger partial charge in [0.05, 0.1) is 24.3 Å². The molecular formula is C18H23N3O6. The molecule has 3 N–H and O–H groups in total. The van der Waals surface area contributed by atoms with Crippen LogP contribution in [0.15, 0.2) is 22.6 Å². The molecule has 4 unspecified atom stereocenters. The number of fused-ring (bicyclic) bond motifs is 4. The first-order chi connectivity index (χ1) is 12.9. The maximum Gasteiger partial charge on any atom is 0.404 e. The Hall–Kier alpha value is -2.39. The SMILES string of the molecule is CCCOC1=C(C)C(=O)C2=C(C1=O)C(COC(N)=O)C1(OC)C3NC3CN21. The predicted molar refractivity (Wildman–Crippen MR) is 92.2 cm³/mol. The van der Waals surface area contributed by atoms with Crippen LogP contribution in [0.3, 0.4) is 0 Å². The molecule has 146 valence electrons. The topological polar surface area (TPSA) is 130 Å². The maximum atomic E-state index is 13.3. The van der Waals surface area contributed by atoms with Gasteiger partial charge in [0.1, 0.15) is 6.61 Å². The van der Waals surface area contributed by atoms with Crippen molar-refractivity contribution in [1.82, 2.24) is 10.2 Å². The summed E-state index contributed by atoms with van der Waals surface area (Å²) >= 11 is 0. The highest BCUT2D eigenvalue weighted by atomic mass is 16.6. The van der Waals surface area contributed by atoms with Crippen molar-refractivity contribution < 1.29 is 28.6 Å². The van der Waals surface area contributed by atoms with Crippen LogP contribution in [-0.2, 0) is 23.8 Å². The number of amides is 1. The molecule has 4 atom stereocenters. The molecule has 1 amide bonds. The number of ether oxygens (including phenoxy) is 3. The summed E-state index contributed by atoms with van der Waals surface area (Å²) < 4.78 is 16.5. The van der Waals surface area contributed by atoms with E-state index < -0.39 is 17.7 Å². The molecule has 27 heavy (non-hydrogen) atoms. The Bertz CT molecular complexity index is 803. The lowest BCUT2D eigenvalue weighted by atomic mass is 9.83. The number of Topliss-reactive ketones (excluding diaryl/α,β-unsaturated/α-hetero) is 2. The fraction of sp³-hybridized carbons (Fsp3) is 0.611. The highest BCUT2D eigenvalue weighted by molar-refractivity contribution is 6.25. The Morgan fingerprint density at radius 2 is 2.11 bits per heavy atom. The number of rotatable bonds is 6. The molecule has 0 spiro atoms. The van der Waals surface area contributed by atoms with Gasteiger partial charge in [0.15, 0.2) is 11.5 Å². The fourth-order valence-electron chi connectivity index (χ4n) is 4.65. The molecule has 3 heterocycles. The number of ketones is 2. The molecule has 0 aromatic heterocycles. The van der Waals surface area contributed by atoms with Crippen LogP contribution in [0.1, 0.15) is 20.3 Å². The van der Waals surface area contributed by atoms with Crippen LogP contribution in [0.25, 0.3) is 0 Å². The van der Waals surface area contributed by atoms with Gasteiger partial charge in [-0.1, -0.05) is 6.92 Å².